The Balaban J connectivity index is 1.71. The SMILES string of the molecule is CCC(CC)c1nnc(NC(=O)CCNC(=O)Cc2ccccc2)s1. The minimum Gasteiger partial charge on any atom is -0.355 e. The standard InChI is InChI=1S/C18H24N4O2S/c1-3-14(4-2)17-21-22-18(25-17)20-15(23)10-11-19-16(24)12-13-8-6-5-7-9-13/h5-9,14H,3-4,10-12H2,1-2H3,(H,19,24)(H,20,22,23). The second-order valence-electron chi connectivity index (χ2n) is 5.77. The number of anilines is 1. The summed E-state index contributed by atoms with van der Waals surface area (Å²) in [6.07, 6.45) is 2.54. The summed E-state index contributed by atoms with van der Waals surface area (Å²) >= 11 is 1.42. The van der Waals surface area contributed by atoms with Gasteiger partial charge in [0.2, 0.25) is 16.9 Å². The van der Waals surface area contributed by atoms with Crippen LogP contribution in [0.1, 0.15) is 49.6 Å². The summed E-state index contributed by atoms with van der Waals surface area (Å²) in [5, 5.41) is 15.1. The highest BCUT2D eigenvalue weighted by Gasteiger charge is 2.14. The van der Waals surface area contributed by atoms with Gasteiger partial charge < -0.3 is 10.6 Å². The normalized spacial score (nSPS) is 10.7. The summed E-state index contributed by atoms with van der Waals surface area (Å²) in [6.45, 7) is 4.54. The molecular weight excluding hydrogens is 336 g/mol. The first kappa shape index (κ1) is 19.1. The number of rotatable bonds is 9. The fourth-order valence-corrected chi connectivity index (χ4v) is 3.46. The fourth-order valence-electron chi connectivity index (χ4n) is 2.43. The number of amides is 2. The van der Waals surface area contributed by atoms with Gasteiger partial charge in [0.05, 0.1) is 6.42 Å². The molecule has 0 unspecified atom stereocenters. The van der Waals surface area contributed by atoms with Crippen LogP contribution in [0.3, 0.4) is 0 Å². The molecule has 0 bridgehead atoms. The van der Waals surface area contributed by atoms with Gasteiger partial charge in [0.1, 0.15) is 5.01 Å². The van der Waals surface area contributed by atoms with Crippen LogP contribution in [-0.4, -0.2) is 28.6 Å². The van der Waals surface area contributed by atoms with Gasteiger partial charge in [-0.1, -0.05) is 55.5 Å². The topological polar surface area (TPSA) is 84.0 Å². The lowest BCUT2D eigenvalue weighted by molar-refractivity contribution is -0.120. The van der Waals surface area contributed by atoms with Gasteiger partial charge >= 0.3 is 0 Å². The third-order valence-electron chi connectivity index (χ3n) is 3.90. The molecule has 0 atom stereocenters. The van der Waals surface area contributed by atoms with E-state index in [1.807, 2.05) is 30.3 Å². The summed E-state index contributed by atoms with van der Waals surface area (Å²) in [6, 6.07) is 9.51. The molecule has 2 N–H and O–H groups in total. The Morgan fingerprint density at radius 1 is 1.08 bits per heavy atom. The molecule has 134 valence electrons. The van der Waals surface area contributed by atoms with Crippen molar-refractivity contribution in [3.05, 3.63) is 40.9 Å². The molecule has 1 aromatic carbocycles. The van der Waals surface area contributed by atoms with Crippen molar-refractivity contribution in [2.75, 3.05) is 11.9 Å². The minimum absolute atomic E-state index is 0.0917. The Labute approximate surface area is 152 Å². The highest BCUT2D eigenvalue weighted by molar-refractivity contribution is 7.15. The molecule has 0 fully saturated rings. The molecule has 2 aromatic rings. The Kier molecular flexibility index (Phi) is 7.53. The third kappa shape index (κ3) is 6.26. The number of nitrogens with one attached hydrogen (secondary N) is 2. The molecule has 0 radical (unpaired) electrons. The molecule has 7 heteroatoms. The van der Waals surface area contributed by atoms with E-state index in [9.17, 15) is 9.59 Å². The van der Waals surface area contributed by atoms with Gasteiger partial charge in [-0.05, 0) is 18.4 Å². The smallest absolute Gasteiger partial charge is 0.227 e. The van der Waals surface area contributed by atoms with E-state index in [-0.39, 0.29) is 18.2 Å². The molecule has 1 heterocycles. The summed E-state index contributed by atoms with van der Waals surface area (Å²) < 4.78 is 0. The molecule has 0 spiro atoms. The van der Waals surface area contributed by atoms with Gasteiger partial charge in [-0.3, -0.25) is 9.59 Å². The largest absolute Gasteiger partial charge is 0.355 e. The number of nitrogens with zero attached hydrogens (tertiary/aromatic N) is 2. The van der Waals surface area contributed by atoms with E-state index in [2.05, 4.69) is 34.7 Å². The zero-order valence-corrected chi connectivity index (χ0v) is 15.4. The summed E-state index contributed by atoms with van der Waals surface area (Å²) in [4.78, 5) is 23.8. The van der Waals surface area contributed by atoms with Gasteiger partial charge in [-0.2, -0.15) is 0 Å². The van der Waals surface area contributed by atoms with Crippen molar-refractivity contribution in [1.29, 1.82) is 0 Å². The zero-order valence-electron chi connectivity index (χ0n) is 14.6. The minimum atomic E-state index is -0.174. The predicted molar refractivity (Wildman–Crippen MR) is 99.6 cm³/mol. The van der Waals surface area contributed by atoms with Crippen LogP contribution in [0.2, 0.25) is 0 Å². The van der Waals surface area contributed by atoms with E-state index in [1.54, 1.807) is 0 Å². The second kappa shape index (κ2) is 9.88. The number of hydrogen-bond donors (Lipinski definition) is 2. The van der Waals surface area contributed by atoms with Crippen molar-refractivity contribution in [3.63, 3.8) is 0 Å². The average Bonchev–Trinajstić information content (AvgIpc) is 3.05. The predicted octanol–water partition coefficient (Wildman–Crippen LogP) is 3.13. The first-order valence-electron chi connectivity index (χ1n) is 8.56. The average molecular weight is 360 g/mol. The van der Waals surface area contributed by atoms with Gasteiger partial charge in [0.15, 0.2) is 0 Å². The van der Waals surface area contributed by atoms with Gasteiger partial charge in [-0.15, -0.1) is 10.2 Å². The molecule has 0 aliphatic carbocycles. The first-order valence-corrected chi connectivity index (χ1v) is 9.37. The highest BCUT2D eigenvalue weighted by atomic mass is 32.1. The Morgan fingerprint density at radius 3 is 2.48 bits per heavy atom. The van der Waals surface area contributed by atoms with E-state index in [4.69, 9.17) is 0 Å². The van der Waals surface area contributed by atoms with Crippen molar-refractivity contribution in [2.24, 2.45) is 0 Å². The highest BCUT2D eigenvalue weighted by Crippen LogP contribution is 2.27. The maximum atomic E-state index is 11.9. The summed E-state index contributed by atoms with van der Waals surface area (Å²) in [5.41, 5.74) is 0.951. The van der Waals surface area contributed by atoms with Crippen molar-refractivity contribution in [1.82, 2.24) is 15.5 Å². The van der Waals surface area contributed by atoms with Crippen LogP contribution in [0.25, 0.3) is 0 Å². The van der Waals surface area contributed by atoms with Gasteiger partial charge in [-0.25, -0.2) is 0 Å². The van der Waals surface area contributed by atoms with E-state index >= 15 is 0 Å². The van der Waals surface area contributed by atoms with E-state index in [0.29, 0.717) is 24.0 Å². The molecule has 2 rings (SSSR count). The van der Waals surface area contributed by atoms with E-state index in [1.165, 1.54) is 11.3 Å². The molecule has 0 saturated heterocycles. The van der Waals surface area contributed by atoms with Gasteiger partial charge in [0.25, 0.3) is 0 Å². The monoisotopic (exact) mass is 360 g/mol. The second-order valence-corrected chi connectivity index (χ2v) is 6.78. The van der Waals surface area contributed by atoms with E-state index < -0.39 is 0 Å². The lowest BCUT2D eigenvalue weighted by Gasteiger charge is -2.06. The Morgan fingerprint density at radius 2 is 1.80 bits per heavy atom. The number of benzene rings is 1. The van der Waals surface area contributed by atoms with E-state index in [0.717, 1.165) is 23.4 Å². The maximum absolute atomic E-state index is 11.9. The first-order chi connectivity index (χ1) is 12.1. The lowest BCUT2D eigenvalue weighted by Crippen LogP contribution is -2.28. The number of hydrogen-bond acceptors (Lipinski definition) is 5. The van der Waals surface area contributed by atoms with Crippen LogP contribution < -0.4 is 10.6 Å². The van der Waals surface area contributed by atoms with Crippen LogP contribution in [0.4, 0.5) is 5.13 Å². The molecule has 6 nitrogen and oxygen atoms in total. The Hall–Kier alpha value is -2.28. The van der Waals surface area contributed by atoms with Crippen molar-refractivity contribution in [2.45, 2.75) is 45.4 Å². The maximum Gasteiger partial charge on any atom is 0.227 e. The molecular formula is C18H24N4O2S. The van der Waals surface area contributed by atoms with Crippen molar-refractivity contribution >= 4 is 28.3 Å². The molecule has 2 amide bonds. The quantitative estimate of drug-likeness (QED) is 0.719. The van der Waals surface area contributed by atoms with Crippen LogP contribution in [-0.2, 0) is 16.0 Å². The number of carbonyl (C=O) groups excluding carboxylic acids is 2. The van der Waals surface area contributed by atoms with Crippen molar-refractivity contribution in [3.8, 4) is 0 Å². The van der Waals surface area contributed by atoms with Crippen molar-refractivity contribution < 1.29 is 9.59 Å². The number of carbonyl (C=O) groups is 2. The number of aromatic nitrogens is 2. The van der Waals surface area contributed by atoms with Crippen LogP contribution in [0.15, 0.2) is 30.3 Å². The fraction of sp³-hybridized carbons (Fsp3) is 0.444. The summed E-state index contributed by atoms with van der Waals surface area (Å²) in [5.74, 6) is 0.124. The van der Waals surface area contributed by atoms with Crippen LogP contribution in [0.5, 0.6) is 0 Å². The van der Waals surface area contributed by atoms with Crippen LogP contribution in [0, 0.1) is 0 Å². The van der Waals surface area contributed by atoms with Gasteiger partial charge in [0, 0.05) is 18.9 Å². The lowest BCUT2D eigenvalue weighted by atomic mass is 10.1. The molecule has 0 aliphatic heterocycles. The summed E-state index contributed by atoms with van der Waals surface area (Å²) in [7, 11) is 0. The Bertz CT molecular complexity index is 683. The molecule has 1 aromatic heterocycles. The molecule has 25 heavy (non-hydrogen) atoms. The zero-order chi connectivity index (χ0) is 18.1. The third-order valence-corrected chi connectivity index (χ3v) is 4.90. The molecule has 0 aliphatic rings. The molecule has 0 saturated carbocycles. The van der Waals surface area contributed by atoms with Crippen LogP contribution >= 0.6 is 11.3 Å².